The van der Waals surface area contributed by atoms with Gasteiger partial charge in [0.2, 0.25) is 0 Å². The van der Waals surface area contributed by atoms with Gasteiger partial charge in [0.1, 0.15) is 5.75 Å². The Morgan fingerprint density at radius 3 is 2.68 bits per heavy atom. The molecule has 0 spiro atoms. The van der Waals surface area contributed by atoms with Gasteiger partial charge in [0.15, 0.2) is 0 Å². The number of halogens is 2. The van der Waals surface area contributed by atoms with Crippen molar-refractivity contribution in [2.45, 2.75) is 0 Å². The molecular formula is C12H10Br2N2O2S. The maximum absolute atomic E-state index is 12.1. The topological polar surface area (TPSA) is 64.3 Å². The fourth-order valence-electron chi connectivity index (χ4n) is 1.48. The molecule has 1 aromatic heterocycles. The van der Waals surface area contributed by atoms with Crippen LogP contribution in [0.5, 0.6) is 5.75 Å². The molecule has 7 heteroatoms. The third kappa shape index (κ3) is 3.29. The minimum absolute atomic E-state index is 0.194. The normalized spacial score (nSPS) is 10.3. The first-order chi connectivity index (χ1) is 9.01. The zero-order chi connectivity index (χ0) is 14.0. The molecule has 1 aromatic carbocycles. The Morgan fingerprint density at radius 1 is 1.37 bits per heavy atom. The monoisotopic (exact) mass is 404 g/mol. The van der Waals surface area contributed by atoms with Gasteiger partial charge in [-0.1, -0.05) is 0 Å². The molecule has 2 rings (SSSR count). The van der Waals surface area contributed by atoms with Gasteiger partial charge in [0.25, 0.3) is 5.91 Å². The molecule has 0 saturated carbocycles. The molecule has 0 fully saturated rings. The molecule has 0 aliphatic heterocycles. The van der Waals surface area contributed by atoms with Crippen LogP contribution < -0.4 is 15.8 Å². The van der Waals surface area contributed by atoms with Gasteiger partial charge in [0, 0.05) is 11.8 Å². The van der Waals surface area contributed by atoms with Crippen molar-refractivity contribution < 1.29 is 9.53 Å². The molecule has 0 aliphatic carbocycles. The summed E-state index contributed by atoms with van der Waals surface area (Å²) >= 11 is 8.14. The van der Waals surface area contributed by atoms with Crippen LogP contribution in [0, 0.1) is 0 Å². The lowest BCUT2D eigenvalue weighted by molar-refractivity contribution is 0.102. The van der Waals surface area contributed by atoms with Crippen molar-refractivity contribution in [1.29, 1.82) is 0 Å². The van der Waals surface area contributed by atoms with Gasteiger partial charge in [-0.25, -0.2) is 0 Å². The molecule has 100 valence electrons. The van der Waals surface area contributed by atoms with E-state index in [0.717, 1.165) is 7.57 Å². The largest absolute Gasteiger partial charge is 0.495 e. The van der Waals surface area contributed by atoms with E-state index < -0.39 is 0 Å². The van der Waals surface area contributed by atoms with Crippen molar-refractivity contribution in [3.05, 3.63) is 37.4 Å². The van der Waals surface area contributed by atoms with Crippen molar-refractivity contribution >= 4 is 60.5 Å². The Kier molecular flexibility index (Phi) is 4.49. The quantitative estimate of drug-likeness (QED) is 0.755. The maximum Gasteiger partial charge on any atom is 0.257 e. The van der Waals surface area contributed by atoms with Crippen molar-refractivity contribution in [2.75, 3.05) is 18.2 Å². The zero-order valence-corrected chi connectivity index (χ0v) is 13.9. The van der Waals surface area contributed by atoms with Crippen molar-refractivity contribution in [3.63, 3.8) is 0 Å². The molecule has 2 aromatic rings. The highest BCUT2D eigenvalue weighted by Crippen LogP contribution is 2.32. The highest BCUT2D eigenvalue weighted by molar-refractivity contribution is 9.12. The first-order valence-electron chi connectivity index (χ1n) is 5.21. The summed E-state index contributed by atoms with van der Waals surface area (Å²) in [6.07, 6.45) is 0. The van der Waals surface area contributed by atoms with Crippen LogP contribution in [-0.4, -0.2) is 13.0 Å². The number of thiophene rings is 1. The highest BCUT2D eigenvalue weighted by atomic mass is 79.9. The summed E-state index contributed by atoms with van der Waals surface area (Å²) in [5.74, 6) is 0.337. The average Bonchev–Trinajstić information content (AvgIpc) is 2.71. The average molecular weight is 406 g/mol. The Morgan fingerprint density at radius 2 is 2.11 bits per heavy atom. The minimum atomic E-state index is -0.194. The number of rotatable bonds is 3. The summed E-state index contributed by atoms with van der Waals surface area (Å²) in [6.45, 7) is 0. The standard InChI is InChI=1S/C12H10Br2N2O2S/c1-18-9-4-6(2-3-8(9)15)16-12(17)7-5-10(13)19-11(7)14/h2-5H,15H2,1H3,(H,16,17). The Hall–Kier alpha value is -1.05. The number of benzene rings is 1. The lowest BCUT2D eigenvalue weighted by atomic mass is 10.2. The lowest BCUT2D eigenvalue weighted by Gasteiger charge is -2.08. The van der Waals surface area contributed by atoms with Crippen molar-refractivity contribution in [1.82, 2.24) is 0 Å². The predicted octanol–water partition coefficient (Wildman–Crippen LogP) is 4.12. The molecule has 0 atom stereocenters. The van der Waals surface area contributed by atoms with Gasteiger partial charge < -0.3 is 15.8 Å². The van der Waals surface area contributed by atoms with Crippen LogP contribution in [-0.2, 0) is 0 Å². The van der Waals surface area contributed by atoms with Crippen LogP contribution >= 0.6 is 43.2 Å². The van der Waals surface area contributed by atoms with Crippen molar-refractivity contribution in [3.8, 4) is 5.75 Å². The first kappa shape index (κ1) is 14.4. The Labute approximate surface area is 131 Å². The van der Waals surface area contributed by atoms with E-state index in [2.05, 4.69) is 37.2 Å². The van der Waals surface area contributed by atoms with Gasteiger partial charge in [-0.2, -0.15) is 0 Å². The number of methoxy groups -OCH3 is 1. The summed E-state index contributed by atoms with van der Waals surface area (Å²) in [4.78, 5) is 12.1. The fourth-order valence-corrected chi connectivity index (χ4v) is 4.28. The molecule has 0 saturated heterocycles. The fraction of sp³-hybridized carbons (Fsp3) is 0.0833. The number of nitrogens with one attached hydrogen (secondary N) is 1. The van der Waals surface area contributed by atoms with Crippen molar-refractivity contribution in [2.24, 2.45) is 0 Å². The molecule has 1 amide bonds. The van der Waals surface area contributed by atoms with Crippen LogP contribution in [0.4, 0.5) is 11.4 Å². The number of nitrogens with two attached hydrogens (primary N) is 1. The second kappa shape index (κ2) is 5.94. The SMILES string of the molecule is COc1cc(NC(=O)c2cc(Br)sc2Br)ccc1N. The van der Waals surface area contributed by atoms with Crippen LogP contribution in [0.25, 0.3) is 0 Å². The van der Waals surface area contributed by atoms with Gasteiger partial charge in [0.05, 0.1) is 25.9 Å². The van der Waals surface area contributed by atoms with E-state index in [-0.39, 0.29) is 5.91 Å². The van der Waals surface area contributed by atoms with E-state index >= 15 is 0 Å². The molecular weight excluding hydrogens is 396 g/mol. The highest BCUT2D eigenvalue weighted by Gasteiger charge is 2.14. The van der Waals surface area contributed by atoms with E-state index in [4.69, 9.17) is 10.5 Å². The number of carbonyl (C=O) groups excluding carboxylic acids is 1. The molecule has 0 radical (unpaired) electrons. The van der Waals surface area contributed by atoms with Gasteiger partial charge in [-0.3, -0.25) is 4.79 Å². The number of hydrogen-bond acceptors (Lipinski definition) is 4. The van der Waals surface area contributed by atoms with Crippen LogP contribution in [0.2, 0.25) is 0 Å². The Balaban J connectivity index is 2.21. The lowest BCUT2D eigenvalue weighted by Crippen LogP contribution is -2.11. The van der Waals surface area contributed by atoms with Gasteiger partial charge >= 0.3 is 0 Å². The molecule has 0 aliphatic rings. The first-order valence-corrected chi connectivity index (χ1v) is 7.61. The Bertz CT molecular complexity index is 628. The van der Waals surface area contributed by atoms with E-state index in [9.17, 15) is 4.79 Å². The van der Waals surface area contributed by atoms with Crippen LogP contribution in [0.3, 0.4) is 0 Å². The van der Waals surface area contributed by atoms with Crippen LogP contribution in [0.15, 0.2) is 31.8 Å². The molecule has 19 heavy (non-hydrogen) atoms. The van der Waals surface area contributed by atoms with E-state index in [1.165, 1.54) is 18.4 Å². The predicted molar refractivity (Wildman–Crippen MR) is 85.1 cm³/mol. The number of nitrogen functional groups attached to an aromatic ring is 1. The van der Waals surface area contributed by atoms with E-state index in [1.807, 2.05) is 0 Å². The summed E-state index contributed by atoms with van der Waals surface area (Å²) in [6, 6.07) is 6.86. The molecule has 3 N–H and O–H groups in total. The second-order valence-electron chi connectivity index (χ2n) is 3.65. The number of anilines is 2. The van der Waals surface area contributed by atoms with Gasteiger partial charge in [-0.15, -0.1) is 11.3 Å². The van der Waals surface area contributed by atoms with Gasteiger partial charge in [-0.05, 0) is 50.1 Å². The summed E-state index contributed by atoms with van der Waals surface area (Å²) in [7, 11) is 1.53. The second-order valence-corrected chi connectivity index (χ2v) is 7.40. The smallest absolute Gasteiger partial charge is 0.257 e. The summed E-state index contributed by atoms with van der Waals surface area (Å²) in [5.41, 5.74) is 7.45. The molecule has 0 bridgehead atoms. The molecule has 0 unspecified atom stereocenters. The number of carbonyl (C=O) groups is 1. The number of amides is 1. The summed E-state index contributed by atoms with van der Waals surface area (Å²) < 4.78 is 6.78. The van der Waals surface area contributed by atoms with Crippen LogP contribution in [0.1, 0.15) is 10.4 Å². The third-order valence-electron chi connectivity index (χ3n) is 2.39. The van der Waals surface area contributed by atoms with E-state index in [0.29, 0.717) is 22.7 Å². The minimum Gasteiger partial charge on any atom is -0.495 e. The van der Waals surface area contributed by atoms with E-state index in [1.54, 1.807) is 24.3 Å². The zero-order valence-electron chi connectivity index (χ0n) is 9.87. The number of hydrogen-bond donors (Lipinski definition) is 2. The molecule has 4 nitrogen and oxygen atoms in total. The third-order valence-corrected chi connectivity index (χ3v) is 4.73. The number of ether oxygens (including phenoxy) is 1. The molecule has 1 heterocycles. The summed E-state index contributed by atoms with van der Waals surface area (Å²) in [5, 5.41) is 2.80. The maximum atomic E-state index is 12.1.